The van der Waals surface area contributed by atoms with Crippen LogP contribution in [0.3, 0.4) is 0 Å². The van der Waals surface area contributed by atoms with Crippen molar-refractivity contribution in [2.45, 2.75) is 15.1 Å². The van der Waals surface area contributed by atoms with Crippen molar-refractivity contribution in [2.24, 2.45) is 0 Å². The van der Waals surface area contributed by atoms with Crippen LogP contribution in [0.25, 0.3) is 0 Å². The summed E-state index contributed by atoms with van der Waals surface area (Å²) >= 11 is 6.50. The maximum absolute atomic E-state index is 5.73. The summed E-state index contributed by atoms with van der Waals surface area (Å²) in [5.74, 6) is 0.502. The minimum atomic E-state index is 0.502. The number of nitrogens with zero attached hydrogens (tertiary/aromatic N) is 2. The number of benzene rings is 1. The molecule has 0 amide bonds. The molecule has 88 valence electrons. The van der Waals surface area contributed by atoms with E-state index in [2.05, 4.69) is 25.9 Å². The Balaban J connectivity index is 2.26. The Morgan fingerprint density at radius 3 is 2.76 bits per heavy atom. The molecule has 6 heteroatoms. The molecule has 0 aliphatic rings. The van der Waals surface area contributed by atoms with Gasteiger partial charge >= 0.3 is 0 Å². The van der Waals surface area contributed by atoms with Crippen LogP contribution in [0.5, 0.6) is 0 Å². The van der Waals surface area contributed by atoms with Gasteiger partial charge < -0.3 is 5.73 Å². The van der Waals surface area contributed by atoms with E-state index in [-0.39, 0.29) is 0 Å². The van der Waals surface area contributed by atoms with Gasteiger partial charge in [0.2, 0.25) is 0 Å². The Kier molecular flexibility index (Phi) is 4.31. The third-order valence-corrected chi connectivity index (χ3v) is 3.85. The van der Waals surface area contributed by atoms with Crippen molar-refractivity contribution in [3.8, 4) is 0 Å². The van der Waals surface area contributed by atoms with Crippen LogP contribution in [0, 0.1) is 0 Å². The molecule has 2 rings (SSSR count). The number of nitrogen functional groups attached to an aromatic ring is 1. The molecule has 0 spiro atoms. The van der Waals surface area contributed by atoms with Crippen LogP contribution in [-0.2, 0) is 0 Å². The molecule has 0 atom stereocenters. The second kappa shape index (κ2) is 5.75. The lowest BCUT2D eigenvalue weighted by Crippen LogP contribution is -1.95. The van der Waals surface area contributed by atoms with Gasteiger partial charge in [0.05, 0.1) is 0 Å². The van der Waals surface area contributed by atoms with E-state index in [0.717, 1.165) is 14.4 Å². The lowest BCUT2D eigenvalue weighted by Gasteiger charge is -2.04. The zero-order valence-corrected chi connectivity index (χ0v) is 12.3. The Morgan fingerprint density at radius 1 is 1.24 bits per heavy atom. The van der Waals surface area contributed by atoms with Crippen LogP contribution in [-0.4, -0.2) is 16.2 Å². The summed E-state index contributed by atoms with van der Waals surface area (Å²) < 4.78 is 1.05. The van der Waals surface area contributed by atoms with E-state index in [4.69, 9.17) is 5.73 Å². The van der Waals surface area contributed by atoms with E-state index in [1.807, 2.05) is 30.5 Å². The zero-order chi connectivity index (χ0) is 12.3. The van der Waals surface area contributed by atoms with Gasteiger partial charge in [0.15, 0.2) is 5.16 Å². The van der Waals surface area contributed by atoms with Crippen molar-refractivity contribution in [1.29, 1.82) is 0 Å². The van der Waals surface area contributed by atoms with Gasteiger partial charge in [0.25, 0.3) is 0 Å². The summed E-state index contributed by atoms with van der Waals surface area (Å²) in [5.41, 5.74) is 5.73. The predicted octanol–water partition coefficient (Wildman–Crippen LogP) is 3.69. The molecule has 3 nitrogen and oxygen atoms in total. The summed E-state index contributed by atoms with van der Waals surface area (Å²) in [6.07, 6.45) is 1.93. The fourth-order valence-corrected chi connectivity index (χ4v) is 3.10. The van der Waals surface area contributed by atoms with Crippen molar-refractivity contribution >= 4 is 45.3 Å². The fraction of sp³-hybridized carbons (Fsp3) is 0.0909. The van der Waals surface area contributed by atoms with E-state index in [9.17, 15) is 0 Å². The topological polar surface area (TPSA) is 51.8 Å². The summed E-state index contributed by atoms with van der Waals surface area (Å²) in [6.45, 7) is 0. The average molecular weight is 328 g/mol. The van der Waals surface area contributed by atoms with Gasteiger partial charge in [-0.05, 0) is 24.5 Å². The summed E-state index contributed by atoms with van der Waals surface area (Å²) in [5, 5.41) is 1.56. The monoisotopic (exact) mass is 327 g/mol. The van der Waals surface area contributed by atoms with Gasteiger partial charge in [-0.1, -0.05) is 45.5 Å². The molecule has 0 bridgehead atoms. The number of anilines is 1. The van der Waals surface area contributed by atoms with Crippen molar-refractivity contribution in [3.63, 3.8) is 0 Å². The number of thioether (sulfide) groups is 1. The highest BCUT2D eigenvalue weighted by Gasteiger charge is 2.04. The standard InChI is InChI=1S/C11H10BrN3S2/c1-16-11-14-9(13)6-10(15-11)17-8-4-2-3-7(12)5-8/h2-6H,1H3,(H2,13,14,15). The quantitative estimate of drug-likeness (QED) is 0.529. The normalized spacial score (nSPS) is 10.5. The first-order chi connectivity index (χ1) is 8.17. The van der Waals surface area contributed by atoms with Crippen LogP contribution < -0.4 is 5.73 Å². The molecule has 1 heterocycles. The van der Waals surface area contributed by atoms with Gasteiger partial charge in [-0.3, -0.25) is 0 Å². The molecule has 2 aromatic rings. The number of aromatic nitrogens is 2. The average Bonchev–Trinajstić information content (AvgIpc) is 2.28. The predicted molar refractivity (Wildman–Crippen MR) is 76.5 cm³/mol. The fourth-order valence-electron chi connectivity index (χ4n) is 1.22. The number of hydrogen-bond acceptors (Lipinski definition) is 5. The molecule has 0 unspecified atom stereocenters. The first kappa shape index (κ1) is 12.7. The molecule has 0 fully saturated rings. The molecule has 0 saturated carbocycles. The lowest BCUT2D eigenvalue weighted by molar-refractivity contribution is 0.902. The van der Waals surface area contributed by atoms with Crippen LogP contribution in [0.4, 0.5) is 5.82 Å². The first-order valence-electron chi connectivity index (χ1n) is 4.79. The maximum atomic E-state index is 5.73. The Hall–Kier alpha value is -0.720. The van der Waals surface area contributed by atoms with Crippen molar-refractivity contribution in [3.05, 3.63) is 34.8 Å². The van der Waals surface area contributed by atoms with Gasteiger partial charge in [0, 0.05) is 15.4 Å². The summed E-state index contributed by atoms with van der Waals surface area (Å²) in [6, 6.07) is 9.84. The number of nitrogens with two attached hydrogens (primary N) is 1. The molecule has 1 aromatic carbocycles. The van der Waals surface area contributed by atoms with Gasteiger partial charge in [-0.15, -0.1) is 0 Å². The smallest absolute Gasteiger partial charge is 0.190 e. The van der Waals surface area contributed by atoms with E-state index in [0.29, 0.717) is 11.0 Å². The Morgan fingerprint density at radius 2 is 2.06 bits per heavy atom. The van der Waals surface area contributed by atoms with Gasteiger partial charge in [-0.25, -0.2) is 9.97 Å². The van der Waals surface area contributed by atoms with Crippen LogP contribution in [0.15, 0.2) is 49.9 Å². The molecular weight excluding hydrogens is 318 g/mol. The van der Waals surface area contributed by atoms with E-state index >= 15 is 0 Å². The Labute approximate surface area is 117 Å². The second-order valence-electron chi connectivity index (χ2n) is 3.18. The molecule has 2 N–H and O–H groups in total. The SMILES string of the molecule is CSc1nc(N)cc(Sc2cccc(Br)c2)n1. The van der Waals surface area contributed by atoms with Gasteiger partial charge in [0.1, 0.15) is 10.8 Å². The molecular formula is C11H10BrN3S2. The third-order valence-electron chi connectivity index (χ3n) is 1.90. The van der Waals surface area contributed by atoms with E-state index in [1.165, 1.54) is 11.8 Å². The minimum Gasteiger partial charge on any atom is -0.384 e. The van der Waals surface area contributed by atoms with Crippen molar-refractivity contribution in [2.75, 3.05) is 12.0 Å². The molecule has 0 aliphatic heterocycles. The highest BCUT2D eigenvalue weighted by molar-refractivity contribution is 9.10. The molecule has 17 heavy (non-hydrogen) atoms. The third kappa shape index (κ3) is 3.62. The minimum absolute atomic E-state index is 0.502. The first-order valence-corrected chi connectivity index (χ1v) is 7.63. The molecule has 0 aliphatic carbocycles. The number of hydrogen-bond donors (Lipinski definition) is 1. The van der Waals surface area contributed by atoms with E-state index < -0.39 is 0 Å². The number of rotatable bonds is 3. The molecule has 0 radical (unpaired) electrons. The van der Waals surface area contributed by atoms with Crippen LogP contribution in [0.2, 0.25) is 0 Å². The second-order valence-corrected chi connectivity index (χ2v) is 5.96. The van der Waals surface area contributed by atoms with E-state index in [1.54, 1.807) is 17.8 Å². The summed E-state index contributed by atoms with van der Waals surface area (Å²) in [4.78, 5) is 9.63. The molecule has 1 aromatic heterocycles. The number of halogens is 1. The highest BCUT2D eigenvalue weighted by Crippen LogP contribution is 2.29. The largest absolute Gasteiger partial charge is 0.384 e. The Bertz CT molecular complexity index is 534. The lowest BCUT2D eigenvalue weighted by atomic mass is 10.4. The van der Waals surface area contributed by atoms with Crippen molar-refractivity contribution in [1.82, 2.24) is 9.97 Å². The van der Waals surface area contributed by atoms with Crippen molar-refractivity contribution < 1.29 is 0 Å². The maximum Gasteiger partial charge on any atom is 0.190 e. The van der Waals surface area contributed by atoms with Crippen LogP contribution >= 0.6 is 39.5 Å². The summed E-state index contributed by atoms with van der Waals surface area (Å²) in [7, 11) is 0. The van der Waals surface area contributed by atoms with Crippen LogP contribution in [0.1, 0.15) is 0 Å². The highest BCUT2D eigenvalue weighted by atomic mass is 79.9. The van der Waals surface area contributed by atoms with Gasteiger partial charge in [-0.2, -0.15) is 0 Å². The zero-order valence-electron chi connectivity index (χ0n) is 9.05. The molecule has 0 saturated heterocycles.